The first-order valence-corrected chi connectivity index (χ1v) is 7.90. The zero-order valence-corrected chi connectivity index (χ0v) is 12.5. The molecule has 0 aliphatic carbocycles. The molecule has 0 aromatic carbocycles. The summed E-state index contributed by atoms with van der Waals surface area (Å²) in [6.45, 7) is 4.79. The van der Waals surface area contributed by atoms with E-state index in [1.54, 1.807) is 32.9 Å². The molecule has 0 atom stereocenters. The van der Waals surface area contributed by atoms with Crippen LogP contribution in [-0.2, 0) is 9.84 Å². The second kappa shape index (κ2) is 4.58. The number of rotatable bonds is 3. The molecular weight excluding hydrogens is 312 g/mol. The molecule has 0 saturated carbocycles. The molecule has 1 heterocycles. The van der Waals surface area contributed by atoms with E-state index in [1.165, 1.54) is 11.3 Å². The van der Waals surface area contributed by atoms with Gasteiger partial charge in [0.05, 0.1) is 13.4 Å². The van der Waals surface area contributed by atoms with Gasteiger partial charge in [-0.3, -0.25) is 4.79 Å². The lowest BCUT2D eigenvalue weighted by Gasteiger charge is -2.18. The molecule has 0 N–H and O–H groups in total. The molecule has 0 bridgehead atoms. The van der Waals surface area contributed by atoms with Crippen molar-refractivity contribution in [1.82, 2.24) is 0 Å². The first-order valence-electron chi connectivity index (χ1n) is 4.64. The van der Waals surface area contributed by atoms with E-state index in [1.807, 2.05) is 0 Å². The summed E-state index contributed by atoms with van der Waals surface area (Å²) in [6, 6.07) is 3.37. The van der Waals surface area contributed by atoms with Crippen molar-refractivity contribution in [3.05, 3.63) is 20.8 Å². The largest absolute Gasteiger partial charge is 0.292 e. The second-order valence-electron chi connectivity index (χ2n) is 4.40. The van der Waals surface area contributed by atoms with Crippen molar-refractivity contribution in [2.75, 3.05) is 5.75 Å². The van der Waals surface area contributed by atoms with Crippen LogP contribution in [0.3, 0.4) is 0 Å². The first-order chi connectivity index (χ1) is 7.13. The fourth-order valence-electron chi connectivity index (χ4n) is 0.924. The van der Waals surface area contributed by atoms with Crippen LogP contribution in [0.2, 0.25) is 0 Å². The van der Waals surface area contributed by atoms with Crippen molar-refractivity contribution in [3.63, 3.8) is 0 Å². The van der Waals surface area contributed by atoms with E-state index in [4.69, 9.17) is 0 Å². The van der Waals surface area contributed by atoms with E-state index in [0.717, 1.165) is 3.79 Å². The highest BCUT2D eigenvalue weighted by Gasteiger charge is 2.31. The predicted octanol–water partition coefficient (Wildman–Crippen LogP) is 2.91. The van der Waals surface area contributed by atoms with Crippen LogP contribution >= 0.6 is 27.3 Å². The van der Waals surface area contributed by atoms with Crippen molar-refractivity contribution >= 4 is 42.9 Å². The van der Waals surface area contributed by atoms with Gasteiger partial charge in [0.2, 0.25) is 0 Å². The average Bonchev–Trinajstić information content (AvgIpc) is 2.48. The number of ketones is 1. The Morgan fingerprint density at radius 3 is 2.31 bits per heavy atom. The molecule has 90 valence electrons. The van der Waals surface area contributed by atoms with Gasteiger partial charge < -0.3 is 0 Å². The van der Waals surface area contributed by atoms with Crippen LogP contribution in [0.15, 0.2) is 15.9 Å². The van der Waals surface area contributed by atoms with Gasteiger partial charge in [-0.1, -0.05) is 0 Å². The minimum Gasteiger partial charge on any atom is -0.292 e. The monoisotopic (exact) mass is 324 g/mol. The maximum absolute atomic E-state index is 11.8. The molecule has 0 aliphatic heterocycles. The zero-order valence-electron chi connectivity index (χ0n) is 9.28. The third-order valence-electron chi connectivity index (χ3n) is 2.10. The summed E-state index contributed by atoms with van der Waals surface area (Å²) >= 11 is 4.49. The third-order valence-corrected chi connectivity index (χ3v) is 6.28. The molecule has 1 aromatic rings. The molecule has 0 radical (unpaired) electrons. The number of carbonyl (C=O) groups excluding carboxylic acids is 1. The van der Waals surface area contributed by atoms with Gasteiger partial charge in [-0.2, -0.15) is 0 Å². The van der Waals surface area contributed by atoms with Crippen LogP contribution in [-0.4, -0.2) is 24.7 Å². The van der Waals surface area contributed by atoms with E-state index in [9.17, 15) is 13.2 Å². The highest BCUT2D eigenvalue weighted by Crippen LogP contribution is 2.24. The Balaban J connectivity index is 2.88. The van der Waals surface area contributed by atoms with Crippen LogP contribution in [0.4, 0.5) is 0 Å². The summed E-state index contributed by atoms with van der Waals surface area (Å²) in [5, 5.41) is 0. The summed E-state index contributed by atoms with van der Waals surface area (Å²) in [5.74, 6) is -0.769. The van der Waals surface area contributed by atoms with Gasteiger partial charge in [0.15, 0.2) is 15.6 Å². The fraction of sp³-hybridized carbons (Fsp3) is 0.500. The van der Waals surface area contributed by atoms with Crippen LogP contribution < -0.4 is 0 Å². The topological polar surface area (TPSA) is 51.2 Å². The Bertz CT molecular complexity index is 494. The van der Waals surface area contributed by atoms with Gasteiger partial charge in [-0.15, -0.1) is 11.3 Å². The minimum atomic E-state index is -3.39. The molecule has 1 aromatic heterocycles. The van der Waals surface area contributed by atoms with Gasteiger partial charge >= 0.3 is 0 Å². The number of halogens is 1. The van der Waals surface area contributed by atoms with Crippen molar-refractivity contribution in [3.8, 4) is 0 Å². The van der Waals surface area contributed by atoms with Crippen LogP contribution in [0, 0.1) is 0 Å². The molecule has 0 fully saturated rings. The standard InChI is InChI=1S/C10H13BrO3S2/c1-10(2,3)16(13,14)6-7(12)8-4-5-9(11)15-8/h4-5H,6H2,1-3H3. The number of hydrogen-bond acceptors (Lipinski definition) is 4. The van der Waals surface area contributed by atoms with Gasteiger partial charge in [-0.25, -0.2) is 8.42 Å². The lowest BCUT2D eigenvalue weighted by molar-refractivity contribution is 0.102. The van der Waals surface area contributed by atoms with E-state index in [2.05, 4.69) is 15.9 Å². The number of hydrogen-bond donors (Lipinski definition) is 0. The molecule has 0 spiro atoms. The molecule has 16 heavy (non-hydrogen) atoms. The Morgan fingerprint density at radius 1 is 1.38 bits per heavy atom. The SMILES string of the molecule is CC(C)(C)S(=O)(=O)CC(=O)c1ccc(Br)s1. The summed E-state index contributed by atoms with van der Waals surface area (Å²) in [7, 11) is -3.39. The van der Waals surface area contributed by atoms with Gasteiger partial charge in [0.1, 0.15) is 5.75 Å². The Morgan fingerprint density at radius 2 is 1.94 bits per heavy atom. The number of sulfone groups is 1. The van der Waals surface area contributed by atoms with E-state index < -0.39 is 20.3 Å². The first kappa shape index (κ1) is 13.9. The van der Waals surface area contributed by atoms with E-state index >= 15 is 0 Å². The quantitative estimate of drug-likeness (QED) is 0.803. The highest BCUT2D eigenvalue weighted by atomic mass is 79.9. The molecule has 1 rings (SSSR count). The third kappa shape index (κ3) is 3.15. The van der Waals surface area contributed by atoms with Crippen molar-refractivity contribution in [1.29, 1.82) is 0 Å². The van der Waals surface area contributed by atoms with Crippen molar-refractivity contribution < 1.29 is 13.2 Å². The van der Waals surface area contributed by atoms with Crippen LogP contribution in [0.5, 0.6) is 0 Å². The molecular formula is C10H13BrO3S2. The van der Waals surface area contributed by atoms with Crippen LogP contribution in [0.1, 0.15) is 30.4 Å². The molecule has 0 amide bonds. The Hall–Kier alpha value is -0.200. The second-order valence-corrected chi connectivity index (χ2v) is 9.60. The minimum absolute atomic E-state index is 0.342. The molecule has 0 saturated heterocycles. The predicted molar refractivity (Wildman–Crippen MR) is 69.9 cm³/mol. The number of carbonyl (C=O) groups is 1. The molecule has 0 aliphatic rings. The van der Waals surface area contributed by atoms with Gasteiger partial charge in [0.25, 0.3) is 0 Å². The number of Topliss-reactive ketones (excluding diaryl/α,β-unsaturated/α-hetero) is 1. The summed E-state index contributed by atoms with van der Waals surface area (Å²) in [4.78, 5) is 12.2. The molecule has 6 heteroatoms. The van der Waals surface area contributed by atoms with Gasteiger partial charge in [-0.05, 0) is 48.8 Å². The lowest BCUT2D eigenvalue weighted by Crippen LogP contribution is -2.33. The van der Waals surface area contributed by atoms with Crippen molar-refractivity contribution in [2.45, 2.75) is 25.5 Å². The van der Waals surface area contributed by atoms with Crippen LogP contribution in [0.25, 0.3) is 0 Å². The Kier molecular flexibility index (Phi) is 3.97. The fourth-order valence-corrected chi connectivity index (χ4v) is 3.27. The van der Waals surface area contributed by atoms with Crippen molar-refractivity contribution in [2.24, 2.45) is 0 Å². The zero-order chi connectivity index (χ0) is 12.6. The summed E-state index contributed by atoms with van der Waals surface area (Å²) < 4.78 is 23.6. The highest BCUT2D eigenvalue weighted by molar-refractivity contribution is 9.11. The molecule has 0 unspecified atom stereocenters. The maximum Gasteiger partial charge on any atom is 0.187 e. The number of thiophene rings is 1. The van der Waals surface area contributed by atoms with E-state index in [0.29, 0.717) is 4.88 Å². The van der Waals surface area contributed by atoms with E-state index in [-0.39, 0.29) is 5.78 Å². The molecule has 3 nitrogen and oxygen atoms in total. The average molecular weight is 325 g/mol. The normalized spacial score (nSPS) is 12.8. The smallest absolute Gasteiger partial charge is 0.187 e. The van der Waals surface area contributed by atoms with Gasteiger partial charge in [0, 0.05) is 0 Å². The summed E-state index contributed by atoms with van der Waals surface area (Å²) in [5.41, 5.74) is 0. The Labute approximate surface area is 108 Å². The lowest BCUT2D eigenvalue weighted by atomic mass is 10.3. The summed E-state index contributed by atoms with van der Waals surface area (Å²) in [6.07, 6.45) is 0. The maximum atomic E-state index is 11.8.